The number of aromatic amines is 1. The van der Waals surface area contributed by atoms with Crippen LogP contribution in [-0.2, 0) is 0 Å². The molecule has 0 aliphatic carbocycles. The minimum Gasteiger partial charge on any atom is -0.396 e. The van der Waals surface area contributed by atoms with Crippen LogP contribution in [0.5, 0.6) is 0 Å². The number of H-pyrrole nitrogens is 1. The molecule has 0 radical (unpaired) electrons. The number of nitrogens with two attached hydrogens (primary N) is 1. The Morgan fingerprint density at radius 1 is 1.35 bits per heavy atom. The van der Waals surface area contributed by atoms with Gasteiger partial charge < -0.3 is 10.7 Å². The largest absolute Gasteiger partial charge is 0.396 e. The molecule has 0 bridgehead atoms. The van der Waals surface area contributed by atoms with E-state index in [4.69, 9.17) is 5.73 Å². The van der Waals surface area contributed by atoms with Crippen LogP contribution < -0.4 is 5.73 Å². The quantitative estimate of drug-likeness (QED) is 0.648. The number of benzene rings is 1. The molecule has 0 spiro atoms. The molecular formula is C12H10FN3S. The van der Waals surface area contributed by atoms with Gasteiger partial charge in [-0.15, -0.1) is 11.3 Å². The number of thiazole rings is 1. The van der Waals surface area contributed by atoms with E-state index < -0.39 is 5.82 Å². The van der Waals surface area contributed by atoms with Crippen LogP contribution in [0.1, 0.15) is 5.01 Å². The Morgan fingerprint density at radius 2 is 2.18 bits per heavy atom. The summed E-state index contributed by atoms with van der Waals surface area (Å²) in [7, 11) is 0. The molecule has 3 aromatic rings. The van der Waals surface area contributed by atoms with E-state index in [1.807, 2.05) is 18.4 Å². The third-order valence-corrected chi connectivity index (χ3v) is 3.41. The first-order valence-electron chi connectivity index (χ1n) is 5.14. The number of rotatable bonds is 1. The van der Waals surface area contributed by atoms with Crippen molar-refractivity contribution in [1.29, 1.82) is 0 Å². The molecule has 2 aromatic heterocycles. The number of nitrogens with one attached hydrogen (secondary N) is 1. The van der Waals surface area contributed by atoms with Gasteiger partial charge in [0.25, 0.3) is 0 Å². The summed E-state index contributed by atoms with van der Waals surface area (Å²) >= 11 is 1.59. The molecule has 0 saturated carbocycles. The van der Waals surface area contributed by atoms with E-state index in [1.54, 1.807) is 17.4 Å². The molecule has 3 nitrogen and oxygen atoms in total. The summed E-state index contributed by atoms with van der Waals surface area (Å²) in [5.74, 6) is -0.391. The summed E-state index contributed by atoms with van der Waals surface area (Å²) in [5.41, 5.74) is 8.27. The fourth-order valence-electron chi connectivity index (χ4n) is 1.79. The van der Waals surface area contributed by atoms with Gasteiger partial charge in [-0.2, -0.15) is 0 Å². The first kappa shape index (κ1) is 10.3. The standard InChI is InChI=1S/C12H10FN3S/c1-6-15-12(5-17-6)11-3-7-2-8(13)9(14)4-10(7)16-11/h2-5,16H,14H2,1H3. The first-order valence-corrected chi connectivity index (χ1v) is 6.02. The van der Waals surface area contributed by atoms with Crippen LogP contribution in [0.2, 0.25) is 0 Å². The predicted molar refractivity (Wildman–Crippen MR) is 68.5 cm³/mol. The molecule has 17 heavy (non-hydrogen) atoms. The van der Waals surface area contributed by atoms with Crippen molar-refractivity contribution >= 4 is 27.9 Å². The number of hydrogen-bond donors (Lipinski definition) is 2. The Bertz CT molecular complexity index is 660. The smallest absolute Gasteiger partial charge is 0.146 e. The Kier molecular flexibility index (Phi) is 2.16. The minimum absolute atomic E-state index is 0.153. The molecule has 0 saturated heterocycles. The topological polar surface area (TPSA) is 54.7 Å². The van der Waals surface area contributed by atoms with E-state index in [9.17, 15) is 4.39 Å². The number of hydrogen-bond acceptors (Lipinski definition) is 3. The lowest BCUT2D eigenvalue weighted by Crippen LogP contribution is -1.89. The Hall–Kier alpha value is -1.88. The third kappa shape index (κ3) is 1.68. The summed E-state index contributed by atoms with van der Waals surface area (Å²) in [4.78, 5) is 7.57. The molecule has 5 heteroatoms. The van der Waals surface area contributed by atoms with E-state index in [0.717, 1.165) is 27.3 Å². The highest BCUT2D eigenvalue weighted by atomic mass is 32.1. The molecule has 2 heterocycles. The zero-order valence-electron chi connectivity index (χ0n) is 9.12. The van der Waals surface area contributed by atoms with Gasteiger partial charge in [0.1, 0.15) is 5.82 Å². The average Bonchev–Trinajstić information content (AvgIpc) is 2.85. The molecule has 0 fully saturated rings. The molecule has 0 aliphatic heterocycles. The number of nitrogen functional groups attached to an aromatic ring is 1. The highest BCUT2D eigenvalue weighted by Gasteiger charge is 2.08. The summed E-state index contributed by atoms with van der Waals surface area (Å²) in [5, 5.41) is 3.78. The van der Waals surface area contributed by atoms with E-state index in [2.05, 4.69) is 9.97 Å². The van der Waals surface area contributed by atoms with E-state index in [0.29, 0.717) is 0 Å². The number of nitrogens with zero attached hydrogens (tertiary/aromatic N) is 1. The van der Waals surface area contributed by atoms with Crippen molar-refractivity contribution in [3.63, 3.8) is 0 Å². The van der Waals surface area contributed by atoms with Crippen LogP contribution in [0.4, 0.5) is 10.1 Å². The van der Waals surface area contributed by atoms with Crippen molar-refractivity contribution in [2.45, 2.75) is 6.92 Å². The van der Waals surface area contributed by atoms with E-state index in [1.165, 1.54) is 6.07 Å². The summed E-state index contributed by atoms with van der Waals surface area (Å²) in [6, 6.07) is 4.92. The number of aromatic nitrogens is 2. The van der Waals surface area contributed by atoms with Gasteiger partial charge in [0.15, 0.2) is 0 Å². The second-order valence-corrected chi connectivity index (χ2v) is 4.96. The fraction of sp³-hybridized carbons (Fsp3) is 0.0833. The van der Waals surface area contributed by atoms with Crippen LogP contribution >= 0.6 is 11.3 Å². The fourth-order valence-corrected chi connectivity index (χ4v) is 2.41. The first-order chi connectivity index (χ1) is 8.13. The van der Waals surface area contributed by atoms with Gasteiger partial charge in [0.05, 0.1) is 22.1 Å². The monoisotopic (exact) mass is 247 g/mol. The molecule has 1 aromatic carbocycles. The zero-order valence-corrected chi connectivity index (χ0v) is 9.94. The van der Waals surface area contributed by atoms with Gasteiger partial charge in [0, 0.05) is 16.3 Å². The molecule has 86 valence electrons. The van der Waals surface area contributed by atoms with Crippen LogP contribution in [0.15, 0.2) is 23.6 Å². The SMILES string of the molecule is Cc1nc(-c2cc3cc(F)c(N)cc3[nH]2)cs1. The number of halogens is 1. The molecule has 0 atom stereocenters. The summed E-state index contributed by atoms with van der Waals surface area (Å²) < 4.78 is 13.3. The highest BCUT2D eigenvalue weighted by molar-refractivity contribution is 7.09. The van der Waals surface area contributed by atoms with Crippen LogP contribution in [0, 0.1) is 12.7 Å². The van der Waals surface area contributed by atoms with Crippen molar-refractivity contribution in [2.75, 3.05) is 5.73 Å². The number of anilines is 1. The van der Waals surface area contributed by atoms with Crippen molar-refractivity contribution in [3.05, 3.63) is 34.4 Å². The van der Waals surface area contributed by atoms with Crippen molar-refractivity contribution in [2.24, 2.45) is 0 Å². The van der Waals surface area contributed by atoms with Gasteiger partial charge in [0.2, 0.25) is 0 Å². The molecule has 3 N–H and O–H groups in total. The average molecular weight is 247 g/mol. The molecular weight excluding hydrogens is 237 g/mol. The number of aryl methyl sites for hydroxylation is 1. The van der Waals surface area contributed by atoms with E-state index >= 15 is 0 Å². The van der Waals surface area contributed by atoms with Gasteiger partial charge in [-0.3, -0.25) is 0 Å². The van der Waals surface area contributed by atoms with Crippen LogP contribution in [0.25, 0.3) is 22.3 Å². The second-order valence-electron chi connectivity index (χ2n) is 3.90. The van der Waals surface area contributed by atoms with Crippen molar-refractivity contribution < 1.29 is 4.39 Å². The summed E-state index contributed by atoms with van der Waals surface area (Å²) in [6.07, 6.45) is 0. The zero-order chi connectivity index (χ0) is 12.0. The number of fused-ring (bicyclic) bond motifs is 1. The highest BCUT2D eigenvalue weighted by Crippen LogP contribution is 2.27. The summed E-state index contributed by atoms with van der Waals surface area (Å²) in [6.45, 7) is 1.95. The van der Waals surface area contributed by atoms with Crippen LogP contribution in [0.3, 0.4) is 0 Å². The Balaban J connectivity index is 2.19. The molecule has 0 amide bonds. The lowest BCUT2D eigenvalue weighted by molar-refractivity contribution is 0.634. The third-order valence-electron chi connectivity index (χ3n) is 2.63. The molecule has 0 aliphatic rings. The second kappa shape index (κ2) is 3.56. The van der Waals surface area contributed by atoms with Crippen molar-refractivity contribution in [3.8, 4) is 11.4 Å². The predicted octanol–water partition coefficient (Wildman–Crippen LogP) is 3.32. The maximum Gasteiger partial charge on any atom is 0.146 e. The van der Waals surface area contributed by atoms with Gasteiger partial charge in [-0.1, -0.05) is 0 Å². The Labute approximate surface area is 101 Å². The lowest BCUT2D eigenvalue weighted by Gasteiger charge is -1.95. The van der Waals surface area contributed by atoms with Crippen LogP contribution in [-0.4, -0.2) is 9.97 Å². The lowest BCUT2D eigenvalue weighted by atomic mass is 10.2. The van der Waals surface area contributed by atoms with Crippen molar-refractivity contribution in [1.82, 2.24) is 9.97 Å². The van der Waals surface area contributed by atoms with Gasteiger partial charge in [-0.25, -0.2) is 9.37 Å². The minimum atomic E-state index is -0.391. The van der Waals surface area contributed by atoms with Gasteiger partial charge >= 0.3 is 0 Å². The normalized spacial score (nSPS) is 11.2. The molecule has 0 unspecified atom stereocenters. The maximum absolute atomic E-state index is 13.3. The Morgan fingerprint density at radius 3 is 2.88 bits per heavy atom. The molecule has 3 rings (SSSR count). The van der Waals surface area contributed by atoms with Gasteiger partial charge in [-0.05, 0) is 25.1 Å². The maximum atomic E-state index is 13.3. The van der Waals surface area contributed by atoms with E-state index in [-0.39, 0.29) is 5.69 Å².